The van der Waals surface area contributed by atoms with Crippen LogP contribution in [0.25, 0.3) is 0 Å². The second-order valence-electron chi connectivity index (χ2n) is 3.33. The van der Waals surface area contributed by atoms with Gasteiger partial charge in [0.1, 0.15) is 0 Å². The molecule has 0 spiro atoms. The van der Waals surface area contributed by atoms with Crippen LogP contribution in [-0.2, 0) is 6.42 Å². The first kappa shape index (κ1) is 9.27. The van der Waals surface area contributed by atoms with Crippen molar-refractivity contribution in [3.63, 3.8) is 0 Å². The van der Waals surface area contributed by atoms with Gasteiger partial charge in [-0.15, -0.1) is 0 Å². The number of nitrogens with zero attached hydrogens (tertiary/aromatic N) is 1. The lowest BCUT2D eigenvalue weighted by Crippen LogP contribution is -2.34. The topological polar surface area (TPSA) is 55.2 Å². The van der Waals surface area contributed by atoms with Crippen molar-refractivity contribution in [2.24, 2.45) is 0 Å². The maximum atomic E-state index is 10.6. The lowest BCUT2D eigenvalue weighted by atomic mass is 10.0. The molecular formula is C9H9ClN2O2. The Hall–Kier alpha value is -1.29. The molecule has 1 aromatic carbocycles. The van der Waals surface area contributed by atoms with E-state index in [9.17, 15) is 10.1 Å². The molecule has 14 heavy (non-hydrogen) atoms. The smallest absolute Gasteiger partial charge is 0.234 e. The van der Waals surface area contributed by atoms with Crippen molar-refractivity contribution < 1.29 is 4.92 Å². The number of anilines is 1. The van der Waals surface area contributed by atoms with Crippen molar-refractivity contribution in [2.45, 2.75) is 12.5 Å². The molecule has 1 unspecified atom stereocenters. The first-order valence-electron chi connectivity index (χ1n) is 4.32. The van der Waals surface area contributed by atoms with Gasteiger partial charge in [-0.25, -0.2) is 0 Å². The Kier molecular flexibility index (Phi) is 2.29. The number of benzene rings is 1. The summed E-state index contributed by atoms with van der Waals surface area (Å²) < 4.78 is 0. The van der Waals surface area contributed by atoms with Gasteiger partial charge in [-0.1, -0.05) is 17.7 Å². The maximum absolute atomic E-state index is 10.6. The van der Waals surface area contributed by atoms with Crippen molar-refractivity contribution in [2.75, 3.05) is 11.9 Å². The Labute approximate surface area is 86.0 Å². The molecule has 0 aromatic heterocycles. The number of fused-ring (bicyclic) bond motifs is 1. The summed E-state index contributed by atoms with van der Waals surface area (Å²) >= 11 is 5.80. The minimum absolute atomic E-state index is 0.245. The molecule has 0 bridgehead atoms. The third kappa shape index (κ3) is 1.65. The van der Waals surface area contributed by atoms with Crippen LogP contribution in [0.5, 0.6) is 0 Å². The highest BCUT2D eigenvalue weighted by molar-refractivity contribution is 6.30. The maximum Gasteiger partial charge on any atom is 0.234 e. The van der Waals surface area contributed by atoms with E-state index in [0.717, 1.165) is 11.3 Å². The zero-order valence-corrected chi connectivity index (χ0v) is 8.12. The highest BCUT2D eigenvalue weighted by Gasteiger charge is 2.26. The van der Waals surface area contributed by atoms with E-state index in [1.807, 2.05) is 6.07 Å². The summed E-state index contributed by atoms with van der Waals surface area (Å²) in [4.78, 5) is 10.3. The summed E-state index contributed by atoms with van der Waals surface area (Å²) in [5, 5.41) is 14.2. The Balaban J connectivity index is 2.27. The van der Waals surface area contributed by atoms with Crippen LogP contribution in [0.4, 0.5) is 5.69 Å². The van der Waals surface area contributed by atoms with Gasteiger partial charge in [-0.2, -0.15) is 0 Å². The van der Waals surface area contributed by atoms with E-state index < -0.39 is 6.04 Å². The molecule has 1 heterocycles. The number of rotatable bonds is 1. The van der Waals surface area contributed by atoms with Crippen LogP contribution in [0.1, 0.15) is 5.56 Å². The third-order valence-electron chi connectivity index (χ3n) is 2.35. The monoisotopic (exact) mass is 212 g/mol. The average molecular weight is 213 g/mol. The van der Waals surface area contributed by atoms with Crippen molar-refractivity contribution >= 4 is 17.3 Å². The molecule has 2 rings (SSSR count). The summed E-state index contributed by atoms with van der Waals surface area (Å²) in [6, 6.07) is 4.86. The molecule has 4 nitrogen and oxygen atoms in total. The number of halogens is 1. The molecular weight excluding hydrogens is 204 g/mol. The minimum atomic E-state index is -0.524. The van der Waals surface area contributed by atoms with Crippen molar-refractivity contribution in [3.05, 3.63) is 38.9 Å². The van der Waals surface area contributed by atoms with Gasteiger partial charge in [-0.05, 0) is 17.7 Å². The van der Waals surface area contributed by atoms with Crippen LogP contribution in [0.15, 0.2) is 18.2 Å². The summed E-state index contributed by atoms with van der Waals surface area (Å²) in [7, 11) is 0. The molecule has 1 N–H and O–H groups in total. The molecule has 1 aromatic rings. The normalized spacial score (nSPS) is 19.6. The number of nitro groups is 1. The van der Waals surface area contributed by atoms with Gasteiger partial charge in [-0.3, -0.25) is 10.1 Å². The first-order chi connectivity index (χ1) is 6.66. The summed E-state index contributed by atoms with van der Waals surface area (Å²) in [5.41, 5.74) is 1.87. The van der Waals surface area contributed by atoms with Gasteiger partial charge >= 0.3 is 0 Å². The van der Waals surface area contributed by atoms with Crippen LogP contribution < -0.4 is 5.32 Å². The van der Waals surface area contributed by atoms with E-state index in [0.29, 0.717) is 18.0 Å². The van der Waals surface area contributed by atoms with Crippen LogP contribution in [0.3, 0.4) is 0 Å². The largest absolute Gasteiger partial charge is 0.378 e. The molecule has 1 aliphatic heterocycles. The Morgan fingerprint density at radius 2 is 2.36 bits per heavy atom. The van der Waals surface area contributed by atoms with E-state index in [1.165, 1.54) is 0 Å². The molecule has 0 saturated heterocycles. The fraction of sp³-hybridized carbons (Fsp3) is 0.333. The zero-order chi connectivity index (χ0) is 10.1. The van der Waals surface area contributed by atoms with Crippen molar-refractivity contribution in [1.82, 2.24) is 0 Å². The van der Waals surface area contributed by atoms with Crippen LogP contribution in [0.2, 0.25) is 5.02 Å². The zero-order valence-electron chi connectivity index (χ0n) is 7.37. The Morgan fingerprint density at radius 3 is 3.07 bits per heavy atom. The number of nitrogens with one attached hydrogen (secondary N) is 1. The van der Waals surface area contributed by atoms with Gasteiger partial charge in [0.05, 0.1) is 6.54 Å². The molecule has 0 amide bonds. The summed E-state index contributed by atoms with van der Waals surface area (Å²) in [6.07, 6.45) is 0.479. The predicted molar refractivity (Wildman–Crippen MR) is 54.4 cm³/mol. The molecule has 1 atom stereocenters. The molecule has 0 fully saturated rings. The molecule has 74 valence electrons. The van der Waals surface area contributed by atoms with Crippen molar-refractivity contribution in [1.29, 1.82) is 0 Å². The Morgan fingerprint density at radius 1 is 1.57 bits per heavy atom. The molecule has 5 heteroatoms. The highest BCUT2D eigenvalue weighted by atomic mass is 35.5. The second kappa shape index (κ2) is 3.46. The van der Waals surface area contributed by atoms with Gasteiger partial charge < -0.3 is 5.32 Å². The number of hydrogen-bond acceptors (Lipinski definition) is 3. The van der Waals surface area contributed by atoms with Crippen LogP contribution in [-0.4, -0.2) is 17.5 Å². The minimum Gasteiger partial charge on any atom is -0.378 e. The molecule has 1 aliphatic rings. The predicted octanol–water partition coefficient (Wildman–Crippen LogP) is 1.95. The standard InChI is InChI=1S/C9H9ClN2O2/c10-7-2-1-6-3-8(12(13)14)5-11-9(6)4-7/h1-2,4,8,11H,3,5H2. The second-order valence-corrected chi connectivity index (χ2v) is 3.76. The van der Waals surface area contributed by atoms with Crippen LogP contribution in [0, 0.1) is 10.1 Å². The van der Waals surface area contributed by atoms with Gasteiger partial charge in [0.25, 0.3) is 0 Å². The van der Waals surface area contributed by atoms with Crippen molar-refractivity contribution in [3.8, 4) is 0 Å². The fourth-order valence-corrected chi connectivity index (χ4v) is 1.77. The van der Waals surface area contributed by atoms with Crippen LogP contribution >= 0.6 is 11.6 Å². The van der Waals surface area contributed by atoms with E-state index >= 15 is 0 Å². The van der Waals surface area contributed by atoms with E-state index in [2.05, 4.69) is 5.32 Å². The summed E-state index contributed by atoms with van der Waals surface area (Å²) in [5.74, 6) is 0. The van der Waals surface area contributed by atoms with E-state index in [4.69, 9.17) is 11.6 Å². The lowest BCUT2D eigenvalue weighted by Gasteiger charge is -2.20. The van der Waals surface area contributed by atoms with Gasteiger partial charge in [0, 0.05) is 22.1 Å². The SMILES string of the molecule is O=[N+]([O-])C1CNc2cc(Cl)ccc2C1. The van der Waals surface area contributed by atoms with E-state index in [-0.39, 0.29) is 4.92 Å². The first-order valence-corrected chi connectivity index (χ1v) is 4.70. The quantitative estimate of drug-likeness (QED) is 0.572. The fourth-order valence-electron chi connectivity index (χ4n) is 1.59. The molecule has 0 saturated carbocycles. The number of hydrogen-bond donors (Lipinski definition) is 1. The lowest BCUT2D eigenvalue weighted by molar-refractivity contribution is -0.518. The van der Waals surface area contributed by atoms with E-state index in [1.54, 1.807) is 12.1 Å². The van der Waals surface area contributed by atoms with Gasteiger partial charge in [0.2, 0.25) is 6.04 Å². The Bertz CT molecular complexity index is 381. The summed E-state index contributed by atoms with van der Waals surface area (Å²) in [6.45, 7) is 0.375. The average Bonchev–Trinajstić information content (AvgIpc) is 2.16. The molecule has 0 aliphatic carbocycles. The third-order valence-corrected chi connectivity index (χ3v) is 2.59. The molecule has 0 radical (unpaired) electrons. The highest BCUT2D eigenvalue weighted by Crippen LogP contribution is 2.25. The van der Waals surface area contributed by atoms with Gasteiger partial charge in [0.15, 0.2) is 0 Å².